The number of alkyl halides is 2. The molecule has 0 atom stereocenters. The van der Waals surface area contributed by atoms with Crippen LogP contribution < -0.4 is 20.1 Å². The summed E-state index contributed by atoms with van der Waals surface area (Å²) in [5.74, 6) is 1.26. The highest BCUT2D eigenvalue weighted by molar-refractivity contribution is 5.79. The molecular weight excluding hydrogens is 268 g/mol. The SMILES string of the molecule is CCNC(=NC)NCc1cc(OC)ccc1OC(F)F. The largest absolute Gasteiger partial charge is 0.497 e. The molecule has 7 heteroatoms. The van der Waals surface area contributed by atoms with Crippen molar-refractivity contribution in [2.24, 2.45) is 4.99 Å². The number of nitrogens with one attached hydrogen (secondary N) is 2. The Balaban J connectivity index is 2.84. The molecule has 0 spiro atoms. The molecule has 0 bridgehead atoms. The van der Waals surface area contributed by atoms with Crippen molar-refractivity contribution in [3.05, 3.63) is 23.8 Å². The normalized spacial score (nSPS) is 11.4. The van der Waals surface area contributed by atoms with Crippen LogP contribution in [0.5, 0.6) is 11.5 Å². The van der Waals surface area contributed by atoms with E-state index in [-0.39, 0.29) is 5.75 Å². The van der Waals surface area contributed by atoms with Crippen molar-refractivity contribution in [3.63, 3.8) is 0 Å². The summed E-state index contributed by atoms with van der Waals surface area (Å²) in [5, 5.41) is 6.02. The second kappa shape index (κ2) is 8.19. The first-order valence-corrected chi connectivity index (χ1v) is 6.17. The minimum atomic E-state index is -2.87. The molecule has 2 N–H and O–H groups in total. The van der Waals surface area contributed by atoms with E-state index in [1.165, 1.54) is 13.2 Å². The highest BCUT2D eigenvalue weighted by atomic mass is 19.3. The van der Waals surface area contributed by atoms with Gasteiger partial charge in [-0.2, -0.15) is 8.78 Å². The van der Waals surface area contributed by atoms with Gasteiger partial charge in [0, 0.05) is 25.7 Å². The number of ether oxygens (including phenoxy) is 2. The van der Waals surface area contributed by atoms with Crippen molar-refractivity contribution >= 4 is 5.96 Å². The topological polar surface area (TPSA) is 54.9 Å². The fourth-order valence-electron chi connectivity index (χ4n) is 1.60. The molecule has 0 aromatic heterocycles. The molecule has 0 aliphatic carbocycles. The van der Waals surface area contributed by atoms with Gasteiger partial charge in [0.2, 0.25) is 0 Å². The van der Waals surface area contributed by atoms with Crippen molar-refractivity contribution in [1.29, 1.82) is 0 Å². The van der Waals surface area contributed by atoms with E-state index in [0.717, 1.165) is 0 Å². The molecule has 112 valence electrons. The number of hydrogen-bond acceptors (Lipinski definition) is 3. The Morgan fingerprint density at radius 2 is 2.10 bits per heavy atom. The van der Waals surface area contributed by atoms with E-state index in [4.69, 9.17) is 4.74 Å². The maximum atomic E-state index is 12.4. The third-order valence-corrected chi connectivity index (χ3v) is 2.50. The number of guanidine groups is 1. The van der Waals surface area contributed by atoms with Crippen LogP contribution in [-0.4, -0.2) is 33.3 Å². The minimum absolute atomic E-state index is 0.111. The average Bonchev–Trinajstić information content (AvgIpc) is 2.44. The summed E-state index contributed by atoms with van der Waals surface area (Å²) in [5.41, 5.74) is 0.559. The fourth-order valence-corrected chi connectivity index (χ4v) is 1.60. The van der Waals surface area contributed by atoms with Crippen molar-refractivity contribution in [1.82, 2.24) is 10.6 Å². The van der Waals surface area contributed by atoms with E-state index in [9.17, 15) is 8.78 Å². The number of aliphatic imine (C=N–C) groups is 1. The van der Waals surface area contributed by atoms with Crippen molar-refractivity contribution in [2.45, 2.75) is 20.1 Å². The van der Waals surface area contributed by atoms with Crippen LogP contribution >= 0.6 is 0 Å². The third kappa shape index (κ3) is 4.91. The first kappa shape index (κ1) is 16.0. The molecule has 1 aromatic carbocycles. The Morgan fingerprint density at radius 3 is 2.65 bits per heavy atom. The van der Waals surface area contributed by atoms with Crippen LogP contribution in [0.3, 0.4) is 0 Å². The van der Waals surface area contributed by atoms with Gasteiger partial charge in [0.25, 0.3) is 0 Å². The van der Waals surface area contributed by atoms with Gasteiger partial charge in [0.15, 0.2) is 5.96 Å². The van der Waals surface area contributed by atoms with Gasteiger partial charge in [-0.3, -0.25) is 4.99 Å². The Bertz CT molecular complexity index is 453. The Hall–Kier alpha value is -2.05. The van der Waals surface area contributed by atoms with Gasteiger partial charge in [0.1, 0.15) is 11.5 Å². The maximum Gasteiger partial charge on any atom is 0.387 e. The molecule has 0 heterocycles. The number of hydrogen-bond donors (Lipinski definition) is 2. The standard InChI is InChI=1S/C13H19F2N3O2/c1-4-17-13(16-2)18-8-9-7-10(19-3)5-6-11(9)20-12(14)15/h5-7,12H,4,8H2,1-3H3,(H2,16,17,18). The molecule has 1 rings (SSSR count). The minimum Gasteiger partial charge on any atom is -0.497 e. The predicted molar refractivity (Wildman–Crippen MR) is 73.5 cm³/mol. The lowest BCUT2D eigenvalue weighted by Gasteiger charge is -2.14. The zero-order chi connectivity index (χ0) is 15.0. The zero-order valence-electron chi connectivity index (χ0n) is 11.7. The summed E-state index contributed by atoms with van der Waals surface area (Å²) in [6.07, 6.45) is 0. The highest BCUT2D eigenvalue weighted by Gasteiger charge is 2.11. The Labute approximate surface area is 117 Å². The molecular formula is C13H19F2N3O2. The molecule has 0 saturated carbocycles. The summed E-state index contributed by atoms with van der Waals surface area (Å²) in [4.78, 5) is 4.00. The summed E-state index contributed by atoms with van der Waals surface area (Å²) >= 11 is 0. The lowest BCUT2D eigenvalue weighted by atomic mass is 10.2. The van der Waals surface area contributed by atoms with Crippen LogP contribution in [0.4, 0.5) is 8.78 Å². The average molecular weight is 287 g/mol. The molecule has 0 amide bonds. The molecule has 0 saturated heterocycles. The van der Waals surface area contributed by atoms with E-state index in [0.29, 0.717) is 30.4 Å². The smallest absolute Gasteiger partial charge is 0.387 e. The third-order valence-electron chi connectivity index (χ3n) is 2.50. The molecule has 5 nitrogen and oxygen atoms in total. The second-order valence-electron chi connectivity index (χ2n) is 3.81. The summed E-state index contributed by atoms with van der Waals surface area (Å²) in [6, 6.07) is 4.67. The van der Waals surface area contributed by atoms with Gasteiger partial charge in [-0.15, -0.1) is 0 Å². The first-order valence-electron chi connectivity index (χ1n) is 6.17. The van der Waals surface area contributed by atoms with Gasteiger partial charge >= 0.3 is 6.61 Å². The Kier molecular flexibility index (Phi) is 6.55. The van der Waals surface area contributed by atoms with E-state index in [2.05, 4.69) is 20.4 Å². The first-order chi connectivity index (χ1) is 9.60. The van der Waals surface area contributed by atoms with Crippen LogP contribution in [-0.2, 0) is 6.54 Å². The lowest BCUT2D eigenvalue weighted by molar-refractivity contribution is -0.0504. The van der Waals surface area contributed by atoms with E-state index in [1.54, 1.807) is 19.2 Å². The van der Waals surface area contributed by atoms with E-state index >= 15 is 0 Å². The van der Waals surface area contributed by atoms with Crippen LogP contribution in [0.15, 0.2) is 23.2 Å². The molecule has 0 aliphatic heterocycles. The lowest BCUT2D eigenvalue weighted by Crippen LogP contribution is -2.36. The quantitative estimate of drug-likeness (QED) is 0.620. The highest BCUT2D eigenvalue weighted by Crippen LogP contribution is 2.25. The van der Waals surface area contributed by atoms with E-state index < -0.39 is 6.61 Å². The van der Waals surface area contributed by atoms with Crippen molar-refractivity contribution in [2.75, 3.05) is 20.7 Å². The van der Waals surface area contributed by atoms with Crippen LogP contribution in [0.25, 0.3) is 0 Å². The van der Waals surface area contributed by atoms with Gasteiger partial charge in [-0.25, -0.2) is 0 Å². The van der Waals surface area contributed by atoms with Crippen LogP contribution in [0, 0.1) is 0 Å². The monoisotopic (exact) mass is 287 g/mol. The number of benzene rings is 1. The molecule has 20 heavy (non-hydrogen) atoms. The van der Waals surface area contributed by atoms with Gasteiger partial charge < -0.3 is 20.1 Å². The number of rotatable bonds is 6. The number of methoxy groups -OCH3 is 1. The summed E-state index contributed by atoms with van der Waals surface area (Å²) in [7, 11) is 3.14. The summed E-state index contributed by atoms with van der Waals surface area (Å²) < 4.78 is 34.3. The predicted octanol–water partition coefficient (Wildman–Crippen LogP) is 1.98. The Morgan fingerprint density at radius 1 is 1.35 bits per heavy atom. The van der Waals surface area contributed by atoms with Crippen LogP contribution in [0.2, 0.25) is 0 Å². The molecule has 0 fully saturated rings. The van der Waals surface area contributed by atoms with E-state index in [1.807, 2.05) is 6.92 Å². The van der Waals surface area contributed by atoms with Crippen molar-refractivity contribution in [3.8, 4) is 11.5 Å². The maximum absolute atomic E-state index is 12.4. The molecule has 1 aromatic rings. The van der Waals surface area contributed by atoms with Crippen LogP contribution in [0.1, 0.15) is 12.5 Å². The van der Waals surface area contributed by atoms with Gasteiger partial charge in [-0.05, 0) is 25.1 Å². The second-order valence-corrected chi connectivity index (χ2v) is 3.81. The number of halogens is 2. The van der Waals surface area contributed by atoms with Gasteiger partial charge in [0.05, 0.1) is 7.11 Å². The van der Waals surface area contributed by atoms with Crippen molar-refractivity contribution < 1.29 is 18.3 Å². The van der Waals surface area contributed by atoms with Gasteiger partial charge in [-0.1, -0.05) is 0 Å². The fraction of sp³-hybridized carbons (Fsp3) is 0.462. The molecule has 0 radical (unpaired) electrons. The zero-order valence-corrected chi connectivity index (χ0v) is 11.7. The summed E-state index contributed by atoms with van der Waals surface area (Å²) in [6.45, 7) is 0.0659. The molecule has 0 aliphatic rings. The number of nitrogens with zero attached hydrogens (tertiary/aromatic N) is 1. The molecule has 0 unspecified atom stereocenters.